The Morgan fingerprint density at radius 1 is 1.00 bits per heavy atom. The maximum absolute atomic E-state index is 14.1. The van der Waals surface area contributed by atoms with Crippen molar-refractivity contribution in [3.8, 4) is 34.0 Å². The lowest BCUT2D eigenvalue weighted by Crippen LogP contribution is -2.01. The van der Waals surface area contributed by atoms with Gasteiger partial charge in [0.2, 0.25) is 0 Å². The first-order valence-corrected chi connectivity index (χ1v) is 8.62. The summed E-state index contributed by atoms with van der Waals surface area (Å²) < 4.78 is 25.9. The van der Waals surface area contributed by atoms with E-state index in [-0.39, 0.29) is 5.69 Å². The van der Waals surface area contributed by atoms with E-state index >= 15 is 0 Å². The summed E-state index contributed by atoms with van der Waals surface area (Å²) in [6.45, 7) is 0. The summed E-state index contributed by atoms with van der Waals surface area (Å²) in [5.74, 6) is -0.685. The number of benzene rings is 2. The molecular weight excluding hydrogens is 377 g/mol. The van der Waals surface area contributed by atoms with Crippen molar-refractivity contribution in [2.75, 3.05) is 14.2 Å². The van der Waals surface area contributed by atoms with Gasteiger partial charge in [0.15, 0.2) is 11.3 Å². The summed E-state index contributed by atoms with van der Waals surface area (Å²) in [5, 5.41) is 13.4. The average molecular weight is 393 g/mol. The molecule has 0 saturated carbocycles. The van der Waals surface area contributed by atoms with Crippen LogP contribution in [0.15, 0.2) is 54.6 Å². The molecule has 29 heavy (non-hydrogen) atoms. The monoisotopic (exact) mass is 393 g/mol. The van der Waals surface area contributed by atoms with Crippen LogP contribution in [0, 0.1) is 5.82 Å². The number of fused-ring (bicyclic) bond motifs is 1. The van der Waals surface area contributed by atoms with Gasteiger partial charge < -0.3 is 14.6 Å². The maximum atomic E-state index is 14.1. The Bertz CT molecular complexity index is 1240. The SMILES string of the molecule is COc1cccc(-c2cc(-c3cc(F)cc(OC)c3)n3nc(C(=O)O)cc3n2)c1. The number of methoxy groups -OCH3 is 2. The fourth-order valence-electron chi connectivity index (χ4n) is 3.04. The molecule has 0 saturated heterocycles. The minimum Gasteiger partial charge on any atom is -0.497 e. The number of aromatic carboxylic acids is 1. The van der Waals surface area contributed by atoms with Crippen LogP contribution in [-0.4, -0.2) is 39.9 Å². The number of carbonyl (C=O) groups is 1. The van der Waals surface area contributed by atoms with Crippen LogP contribution in [0.2, 0.25) is 0 Å². The third-order valence-electron chi connectivity index (χ3n) is 4.41. The van der Waals surface area contributed by atoms with E-state index in [1.165, 1.54) is 29.8 Å². The highest BCUT2D eigenvalue weighted by Gasteiger charge is 2.17. The Balaban J connectivity index is 2.00. The van der Waals surface area contributed by atoms with Crippen LogP contribution in [0.3, 0.4) is 0 Å². The van der Waals surface area contributed by atoms with Gasteiger partial charge in [0, 0.05) is 23.3 Å². The molecule has 0 fully saturated rings. The lowest BCUT2D eigenvalue weighted by atomic mass is 10.1. The van der Waals surface area contributed by atoms with Crippen molar-refractivity contribution in [1.29, 1.82) is 0 Å². The first-order chi connectivity index (χ1) is 14.0. The molecule has 0 bridgehead atoms. The van der Waals surface area contributed by atoms with Crippen LogP contribution < -0.4 is 9.47 Å². The fraction of sp³-hybridized carbons (Fsp3) is 0.0952. The van der Waals surface area contributed by atoms with Gasteiger partial charge in [-0.25, -0.2) is 18.7 Å². The number of carboxylic acid groups (broad SMARTS) is 1. The zero-order valence-electron chi connectivity index (χ0n) is 15.6. The third-order valence-corrected chi connectivity index (χ3v) is 4.41. The maximum Gasteiger partial charge on any atom is 0.356 e. The van der Waals surface area contributed by atoms with E-state index in [0.29, 0.717) is 34.1 Å². The highest BCUT2D eigenvalue weighted by atomic mass is 19.1. The van der Waals surface area contributed by atoms with Gasteiger partial charge in [-0.3, -0.25) is 0 Å². The molecule has 0 atom stereocenters. The highest BCUT2D eigenvalue weighted by Crippen LogP contribution is 2.30. The molecule has 0 radical (unpaired) electrons. The molecule has 2 aromatic heterocycles. The van der Waals surface area contributed by atoms with Gasteiger partial charge in [-0.1, -0.05) is 12.1 Å². The first kappa shape index (κ1) is 18.4. The van der Waals surface area contributed by atoms with Gasteiger partial charge in [-0.05, 0) is 30.3 Å². The Kier molecular flexibility index (Phi) is 4.59. The Hall–Kier alpha value is -3.94. The molecule has 2 aromatic carbocycles. The van der Waals surface area contributed by atoms with Crippen LogP contribution in [0.5, 0.6) is 11.5 Å². The topological polar surface area (TPSA) is 86.0 Å². The van der Waals surface area contributed by atoms with Gasteiger partial charge in [-0.2, -0.15) is 5.10 Å². The molecule has 2 heterocycles. The molecule has 0 aliphatic rings. The van der Waals surface area contributed by atoms with Gasteiger partial charge in [-0.15, -0.1) is 0 Å². The Labute approximate surface area is 165 Å². The molecule has 4 aromatic rings. The largest absolute Gasteiger partial charge is 0.497 e. The van der Waals surface area contributed by atoms with E-state index in [0.717, 1.165) is 5.56 Å². The van der Waals surface area contributed by atoms with E-state index in [1.807, 2.05) is 24.3 Å². The van der Waals surface area contributed by atoms with E-state index in [4.69, 9.17) is 9.47 Å². The van der Waals surface area contributed by atoms with Gasteiger partial charge in [0.05, 0.1) is 25.6 Å². The van der Waals surface area contributed by atoms with Crippen LogP contribution >= 0.6 is 0 Å². The van der Waals surface area contributed by atoms with E-state index < -0.39 is 11.8 Å². The Morgan fingerprint density at radius 3 is 2.48 bits per heavy atom. The predicted octanol–water partition coefficient (Wildman–Crippen LogP) is 3.92. The third kappa shape index (κ3) is 3.47. The van der Waals surface area contributed by atoms with E-state index in [1.54, 1.807) is 19.2 Å². The molecule has 0 spiro atoms. The highest BCUT2D eigenvalue weighted by molar-refractivity contribution is 5.87. The molecule has 0 unspecified atom stereocenters. The predicted molar refractivity (Wildman–Crippen MR) is 104 cm³/mol. The van der Waals surface area contributed by atoms with Crippen molar-refractivity contribution in [3.05, 3.63) is 66.1 Å². The minimum atomic E-state index is -1.18. The number of rotatable bonds is 5. The molecule has 8 heteroatoms. The summed E-state index contributed by atoms with van der Waals surface area (Å²) >= 11 is 0. The van der Waals surface area contributed by atoms with Gasteiger partial charge in [0.25, 0.3) is 0 Å². The molecule has 1 N–H and O–H groups in total. The number of halogens is 1. The van der Waals surface area contributed by atoms with Crippen molar-refractivity contribution in [2.45, 2.75) is 0 Å². The second-order valence-corrected chi connectivity index (χ2v) is 6.24. The van der Waals surface area contributed by atoms with Crippen LogP contribution in [-0.2, 0) is 0 Å². The van der Waals surface area contributed by atoms with Crippen LogP contribution in [0.4, 0.5) is 4.39 Å². The molecule has 7 nitrogen and oxygen atoms in total. The zero-order valence-corrected chi connectivity index (χ0v) is 15.6. The second-order valence-electron chi connectivity index (χ2n) is 6.24. The van der Waals surface area contributed by atoms with Gasteiger partial charge >= 0.3 is 5.97 Å². The van der Waals surface area contributed by atoms with Crippen molar-refractivity contribution in [2.24, 2.45) is 0 Å². The van der Waals surface area contributed by atoms with Crippen molar-refractivity contribution in [1.82, 2.24) is 14.6 Å². The smallest absolute Gasteiger partial charge is 0.356 e. The molecule has 0 aliphatic carbocycles. The number of ether oxygens (including phenoxy) is 2. The second kappa shape index (κ2) is 7.23. The lowest BCUT2D eigenvalue weighted by molar-refractivity contribution is 0.0690. The van der Waals surface area contributed by atoms with E-state index in [2.05, 4.69) is 10.1 Å². The van der Waals surface area contributed by atoms with Crippen LogP contribution in [0.1, 0.15) is 10.5 Å². The fourth-order valence-corrected chi connectivity index (χ4v) is 3.04. The van der Waals surface area contributed by atoms with Crippen molar-refractivity contribution >= 4 is 11.6 Å². The van der Waals surface area contributed by atoms with Crippen molar-refractivity contribution in [3.63, 3.8) is 0 Å². The summed E-state index contributed by atoms with van der Waals surface area (Å²) in [6.07, 6.45) is 0. The van der Waals surface area contributed by atoms with Gasteiger partial charge in [0.1, 0.15) is 17.3 Å². The van der Waals surface area contributed by atoms with Crippen molar-refractivity contribution < 1.29 is 23.8 Å². The van der Waals surface area contributed by atoms with Crippen LogP contribution in [0.25, 0.3) is 28.2 Å². The summed E-state index contributed by atoms with van der Waals surface area (Å²) in [7, 11) is 3.01. The molecule has 0 amide bonds. The minimum absolute atomic E-state index is 0.162. The number of carboxylic acids is 1. The van der Waals surface area contributed by atoms with E-state index in [9.17, 15) is 14.3 Å². The lowest BCUT2D eigenvalue weighted by Gasteiger charge is -2.11. The number of hydrogen-bond donors (Lipinski definition) is 1. The number of hydrogen-bond acceptors (Lipinski definition) is 5. The zero-order chi connectivity index (χ0) is 20.5. The first-order valence-electron chi connectivity index (χ1n) is 8.62. The molecule has 146 valence electrons. The molecular formula is C21H16FN3O4. The number of nitrogens with zero attached hydrogens (tertiary/aromatic N) is 3. The molecule has 4 rings (SSSR count). The molecule has 0 aliphatic heterocycles. The number of aromatic nitrogens is 3. The normalized spacial score (nSPS) is 10.9. The summed E-state index contributed by atoms with van der Waals surface area (Å²) in [6, 6.07) is 14.6. The Morgan fingerprint density at radius 2 is 1.76 bits per heavy atom. The summed E-state index contributed by atoms with van der Waals surface area (Å²) in [5.41, 5.74) is 2.42. The quantitative estimate of drug-likeness (QED) is 0.553. The standard InChI is InChI=1S/C21H16FN3O4/c1-28-15-5-3-4-12(7-15)17-10-19(13-6-14(22)9-16(8-13)29-2)25-20(23-17)11-18(24-25)21(26)27/h3-11H,1-2H3,(H,26,27). The average Bonchev–Trinajstić information content (AvgIpc) is 3.17. The summed E-state index contributed by atoms with van der Waals surface area (Å²) in [4.78, 5) is 15.9.